The quantitative estimate of drug-likeness (QED) is 0.640. The Balaban J connectivity index is 1.90. The van der Waals surface area contributed by atoms with Crippen LogP contribution in [0.2, 0.25) is 0 Å². The van der Waals surface area contributed by atoms with Gasteiger partial charge in [0.2, 0.25) is 6.23 Å². The number of urea groups is 1. The van der Waals surface area contributed by atoms with Gasteiger partial charge in [0.25, 0.3) is 0 Å². The fourth-order valence-electron chi connectivity index (χ4n) is 1.41. The van der Waals surface area contributed by atoms with Gasteiger partial charge in [-0.2, -0.15) is 5.43 Å². The first-order valence-electron chi connectivity index (χ1n) is 4.85. The molecule has 0 saturated carbocycles. The van der Waals surface area contributed by atoms with Crippen LogP contribution in [0.5, 0.6) is 0 Å². The van der Waals surface area contributed by atoms with Crippen LogP contribution in [0.3, 0.4) is 0 Å². The molecule has 0 unspecified atom stereocenters. The summed E-state index contributed by atoms with van der Waals surface area (Å²) in [6.45, 7) is 0. The number of carbonyl (C=O) groups is 1. The van der Waals surface area contributed by atoms with Crippen molar-refractivity contribution in [3.63, 3.8) is 0 Å². The minimum atomic E-state index is -0.656. The molecule has 1 aliphatic heterocycles. The summed E-state index contributed by atoms with van der Waals surface area (Å²) >= 11 is 0. The lowest BCUT2D eigenvalue weighted by Crippen LogP contribution is -2.46. The van der Waals surface area contributed by atoms with Gasteiger partial charge < -0.3 is 10.6 Å². The van der Waals surface area contributed by atoms with Crippen LogP contribution in [-0.4, -0.2) is 18.0 Å². The normalized spacial score (nSPS) is 18.8. The molecule has 0 bridgehead atoms. The van der Waals surface area contributed by atoms with E-state index in [1.54, 1.807) is 0 Å². The molecule has 4 N–H and O–H groups in total. The number of nitrogens with two attached hydrogens (primary N) is 1. The summed E-state index contributed by atoms with van der Waals surface area (Å²) in [4.78, 5) is 15.5. The van der Waals surface area contributed by atoms with Crippen molar-refractivity contribution in [3.8, 4) is 0 Å². The molecule has 6 heteroatoms. The third-order valence-corrected chi connectivity index (χ3v) is 2.13. The number of nitrogens with one attached hydrogen (secondary N) is 2. The molecule has 1 aromatic rings. The molecule has 2 rings (SSSR count). The maximum absolute atomic E-state index is 10.5. The van der Waals surface area contributed by atoms with Gasteiger partial charge in [-0.1, -0.05) is 35.5 Å². The van der Waals surface area contributed by atoms with E-state index >= 15 is 0 Å². The summed E-state index contributed by atoms with van der Waals surface area (Å²) in [6, 6.07) is 9.04. The number of primary amides is 1. The summed E-state index contributed by atoms with van der Waals surface area (Å²) < 4.78 is 0. The van der Waals surface area contributed by atoms with Crippen molar-refractivity contribution in [1.29, 1.82) is 0 Å². The molecular formula is C10H12N4O2. The monoisotopic (exact) mass is 220 g/mol. The Morgan fingerprint density at radius 1 is 1.44 bits per heavy atom. The number of rotatable bonds is 3. The molecular weight excluding hydrogens is 208 g/mol. The molecule has 84 valence electrons. The standard InChI is InChI=1S/C10H12N4O2/c11-10(15)13-12-9-6-8(14-16-9)7-4-2-1-3-5-7/h1-5,9,12H,6H2,(H3,11,13,15)/t9-/m0/s1. The van der Waals surface area contributed by atoms with E-state index in [0.29, 0.717) is 6.42 Å². The van der Waals surface area contributed by atoms with Crippen molar-refractivity contribution in [1.82, 2.24) is 10.9 Å². The van der Waals surface area contributed by atoms with Crippen molar-refractivity contribution in [3.05, 3.63) is 35.9 Å². The van der Waals surface area contributed by atoms with Gasteiger partial charge >= 0.3 is 6.03 Å². The number of benzene rings is 1. The fraction of sp³-hybridized carbons (Fsp3) is 0.200. The number of oxime groups is 1. The predicted octanol–water partition coefficient (Wildman–Crippen LogP) is 0.310. The molecule has 1 aromatic carbocycles. The van der Waals surface area contributed by atoms with Crippen LogP contribution in [0.15, 0.2) is 35.5 Å². The summed E-state index contributed by atoms with van der Waals surface area (Å²) in [5, 5.41) is 3.93. The van der Waals surface area contributed by atoms with Crippen LogP contribution < -0.4 is 16.6 Å². The number of carbonyl (C=O) groups excluding carboxylic acids is 1. The Bertz CT molecular complexity index is 405. The maximum atomic E-state index is 10.5. The minimum Gasteiger partial charge on any atom is -0.374 e. The third kappa shape index (κ3) is 2.48. The molecule has 2 amide bonds. The van der Waals surface area contributed by atoms with Crippen molar-refractivity contribution in [2.24, 2.45) is 10.9 Å². The van der Waals surface area contributed by atoms with Gasteiger partial charge in [-0.05, 0) is 5.56 Å². The molecule has 0 aliphatic carbocycles. The van der Waals surface area contributed by atoms with Crippen LogP contribution in [0.25, 0.3) is 0 Å². The molecule has 0 spiro atoms. The largest absolute Gasteiger partial charge is 0.374 e. The molecule has 0 radical (unpaired) electrons. The second kappa shape index (κ2) is 4.63. The van der Waals surface area contributed by atoms with Crippen LogP contribution in [-0.2, 0) is 4.84 Å². The van der Waals surface area contributed by atoms with Crippen molar-refractivity contribution >= 4 is 11.7 Å². The Hall–Kier alpha value is -2.08. The lowest BCUT2D eigenvalue weighted by Gasteiger charge is -2.09. The van der Waals surface area contributed by atoms with Crippen molar-refractivity contribution in [2.45, 2.75) is 12.6 Å². The summed E-state index contributed by atoms with van der Waals surface area (Å²) in [6.07, 6.45) is 0.201. The molecule has 0 fully saturated rings. The average molecular weight is 220 g/mol. The Morgan fingerprint density at radius 2 is 2.19 bits per heavy atom. The highest BCUT2D eigenvalue weighted by Gasteiger charge is 2.21. The van der Waals surface area contributed by atoms with E-state index in [1.807, 2.05) is 30.3 Å². The van der Waals surface area contributed by atoms with E-state index in [2.05, 4.69) is 16.0 Å². The summed E-state index contributed by atoms with van der Waals surface area (Å²) in [7, 11) is 0. The summed E-state index contributed by atoms with van der Waals surface area (Å²) in [5.41, 5.74) is 11.6. The lowest BCUT2D eigenvalue weighted by molar-refractivity contribution is 0.0518. The molecule has 1 atom stereocenters. The Morgan fingerprint density at radius 3 is 2.88 bits per heavy atom. The zero-order valence-corrected chi connectivity index (χ0v) is 8.51. The first-order chi connectivity index (χ1) is 7.75. The molecule has 0 aromatic heterocycles. The highest BCUT2D eigenvalue weighted by Crippen LogP contribution is 2.14. The molecule has 0 saturated heterocycles. The van der Waals surface area contributed by atoms with E-state index in [0.717, 1.165) is 11.3 Å². The second-order valence-corrected chi connectivity index (χ2v) is 3.34. The first kappa shape index (κ1) is 10.4. The smallest absolute Gasteiger partial charge is 0.326 e. The van der Waals surface area contributed by atoms with Crippen LogP contribution in [0, 0.1) is 0 Å². The number of hydrogen-bond donors (Lipinski definition) is 3. The Labute approximate surface area is 92.4 Å². The average Bonchev–Trinajstić information content (AvgIpc) is 2.76. The zero-order chi connectivity index (χ0) is 11.4. The number of nitrogens with zero attached hydrogens (tertiary/aromatic N) is 1. The number of hydrogen-bond acceptors (Lipinski definition) is 4. The topological polar surface area (TPSA) is 88.7 Å². The van der Waals surface area contributed by atoms with E-state index in [9.17, 15) is 4.79 Å². The highest BCUT2D eigenvalue weighted by molar-refractivity contribution is 6.01. The van der Waals surface area contributed by atoms with Gasteiger partial charge in [0, 0.05) is 6.42 Å². The zero-order valence-electron chi connectivity index (χ0n) is 8.51. The van der Waals surface area contributed by atoms with Crippen LogP contribution in [0.1, 0.15) is 12.0 Å². The highest BCUT2D eigenvalue weighted by atomic mass is 16.7. The van der Waals surface area contributed by atoms with Crippen molar-refractivity contribution in [2.75, 3.05) is 0 Å². The van der Waals surface area contributed by atoms with E-state index in [-0.39, 0.29) is 6.23 Å². The van der Waals surface area contributed by atoms with Crippen molar-refractivity contribution < 1.29 is 9.63 Å². The van der Waals surface area contributed by atoms with E-state index in [1.165, 1.54) is 0 Å². The van der Waals surface area contributed by atoms with Gasteiger partial charge in [-0.25, -0.2) is 4.79 Å². The van der Waals surface area contributed by atoms with E-state index < -0.39 is 6.03 Å². The maximum Gasteiger partial charge on any atom is 0.326 e. The van der Waals surface area contributed by atoms with E-state index in [4.69, 9.17) is 10.6 Å². The van der Waals surface area contributed by atoms with Gasteiger partial charge in [0.1, 0.15) is 0 Å². The fourth-order valence-corrected chi connectivity index (χ4v) is 1.41. The molecule has 1 aliphatic rings. The number of amides is 2. The molecule has 16 heavy (non-hydrogen) atoms. The van der Waals surface area contributed by atoms with Crippen LogP contribution >= 0.6 is 0 Å². The summed E-state index contributed by atoms with van der Waals surface area (Å²) in [5.74, 6) is 0. The predicted molar refractivity (Wildman–Crippen MR) is 58.3 cm³/mol. The van der Waals surface area contributed by atoms with Gasteiger partial charge in [0.15, 0.2) is 0 Å². The van der Waals surface area contributed by atoms with Gasteiger partial charge in [-0.15, -0.1) is 0 Å². The van der Waals surface area contributed by atoms with Crippen LogP contribution in [0.4, 0.5) is 4.79 Å². The van der Waals surface area contributed by atoms with Gasteiger partial charge in [-0.3, -0.25) is 5.43 Å². The lowest BCUT2D eigenvalue weighted by atomic mass is 10.1. The number of hydrazine groups is 1. The molecule has 6 nitrogen and oxygen atoms in total. The first-order valence-corrected chi connectivity index (χ1v) is 4.85. The molecule has 1 heterocycles. The SMILES string of the molecule is NC(=O)NN[C@@H]1CC(c2ccccc2)=NO1. The Kier molecular flexibility index (Phi) is 3.02. The van der Waals surface area contributed by atoms with Gasteiger partial charge in [0.05, 0.1) is 5.71 Å². The third-order valence-electron chi connectivity index (χ3n) is 2.13. The minimum absolute atomic E-state index is 0.372. The second-order valence-electron chi connectivity index (χ2n) is 3.34.